The van der Waals surface area contributed by atoms with Gasteiger partial charge in [0.1, 0.15) is 23.2 Å². The van der Waals surface area contributed by atoms with E-state index in [1.807, 2.05) is 6.92 Å². The number of hydrogen-bond donors (Lipinski definition) is 4. The number of aliphatic carboxylic acids is 1. The highest BCUT2D eigenvalue weighted by atomic mass is 35.5. The lowest BCUT2D eigenvalue weighted by atomic mass is 9.79. The van der Waals surface area contributed by atoms with Crippen molar-refractivity contribution in [1.82, 2.24) is 15.6 Å². The Morgan fingerprint density at radius 3 is 2.62 bits per heavy atom. The van der Waals surface area contributed by atoms with Crippen LogP contribution in [0.4, 0.5) is 8.78 Å². The van der Waals surface area contributed by atoms with Gasteiger partial charge in [0, 0.05) is 17.5 Å². The molecule has 2 amide bonds. The van der Waals surface area contributed by atoms with E-state index in [4.69, 9.17) is 11.6 Å². The topological polar surface area (TPSA) is 111 Å². The highest BCUT2D eigenvalue weighted by molar-refractivity contribution is 6.35. The van der Waals surface area contributed by atoms with Crippen molar-refractivity contribution in [3.63, 3.8) is 0 Å². The lowest BCUT2D eigenvalue weighted by Crippen LogP contribution is -2.62. The molecule has 0 fully saturated rings. The van der Waals surface area contributed by atoms with E-state index in [1.54, 1.807) is 13.0 Å². The number of halogens is 3. The van der Waals surface area contributed by atoms with Crippen LogP contribution < -0.4 is 10.6 Å². The standard InChI is InChI=1S/C27H28ClF2N3O4/c1-3-14(2)23(32-22(34)10-15-6-4-5-7-20(15)30)25(35)33-27(26(36)37)9-8-21-18(13-27)17-11-16(29)12-19(28)24(17)31-21/h4-7,11-12,14,23,31H,3,8-10,13H2,1-2H3,(H,32,34)(H,33,35)(H,36,37). The summed E-state index contributed by atoms with van der Waals surface area (Å²) in [4.78, 5) is 41.8. The molecule has 0 radical (unpaired) electrons. The molecule has 3 atom stereocenters. The van der Waals surface area contributed by atoms with Crippen LogP contribution in [-0.4, -0.2) is 39.5 Å². The lowest BCUT2D eigenvalue weighted by Gasteiger charge is -2.36. The number of carbonyl (C=O) groups is 3. The van der Waals surface area contributed by atoms with Gasteiger partial charge in [-0.15, -0.1) is 0 Å². The number of rotatable bonds is 8. The van der Waals surface area contributed by atoms with Crippen molar-refractivity contribution < 1.29 is 28.3 Å². The highest BCUT2D eigenvalue weighted by Crippen LogP contribution is 2.37. The van der Waals surface area contributed by atoms with Crippen LogP contribution in [0.2, 0.25) is 5.02 Å². The summed E-state index contributed by atoms with van der Waals surface area (Å²) in [6.07, 6.45) is 0.566. The van der Waals surface area contributed by atoms with Crippen LogP contribution in [0.3, 0.4) is 0 Å². The maximum Gasteiger partial charge on any atom is 0.329 e. The number of aromatic nitrogens is 1. The minimum Gasteiger partial charge on any atom is -0.479 e. The quantitative estimate of drug-likeness (QED) is 0.347. The SMILES string of the molecule is CCC(C)C(NC(=O)Cc1ccccc1F)C(=O)NC1(C(=O)O)CCc2[nH]c3c(Cl)cc(F)cc3c2C1. The van der Waals surface area contributed by atoms with E-state index in [0.29, 0.717) is 29.3 Å². The summed E-state index contributed by atoms with van der Waals surface area (Å²) >= 11 is 6.19. The summed E-state index contributed by atoms with van der Waals surface area (Å²) in [5.74, 6) is -3.84. The first-order valence-electron chi connectivity index (χ1n) is 12.1. The number of H-pyrrole nitrogens is 1. The van der Waals surface area contributed by atoms with Crippen molar-refractivity contribution in [3.8, 4) is 0 Å². The van der Waals surface area contributed by atoms with Crippen molar-refractivity contribution in [3.05, 3.63) is 69.9 Å². The molecular formula is C27H28ClF2N3O4. The van der Waals surface area contributed by atoms with Crippen molar-refractivity contribution >= 4 is 40.3 Å². The summed E-state index contributed by atoms with van der Waals surface area (Å²) in [6, 6.07) is 7.31. The molecule has 4 N–H and O–H groups in total. The van der Waals surface area contributed by atoms with Gasteiger partial charge in [-0.05, 0) is 48.1 Å². The fourth-order valence-corrected chi connectivity index (χ4v) is 5.12. The predicted molar refractivity (Wildman–Crippen MR) is 135 cm³/mol. The van der Waals surface area contributed by atoms with Gasteiger partial charge in [0.05, 0.1) is 17.0 Å². The zero-order valence-corrected chi connectivity index (χ0v) is 21.2. The van der Waals surface area contributed by atoms with E-state index in [9.17, 15) is 28.3 Å². The van der Waals surface area contributed by atoms with E-state index in [-0.39, 0.29) is 35.8 Å². The molecule has 0 aliphatic heterocycles. The summed E-state index contributed by atoms with van der Waals surface area (Å²) in [6.45, 7) is 3.61. The van der Waals surface area contributed by atoms with Gasteiger partial charge in [-0.1, -0.05) is 50.1 Å². The van der Waals surface area contributed by atoms with Crippen LogP contribution in [0.25, 0.3) is 10.9 Å². The third kappa shape index (κ3) is 5.32. The van der Waals surface area contributed by atoms with E-state index < -0.39 is 41.0 Å². The minimum absolute atomic E-state index is 0.0837. The molecule has 1 aliphatic carbocycles. The molecule has 3 aromatic rings. The van der Waals surface area contributed by atoms with Gasteiger partial charge in [-0.25, -0.2) is 13.6 Å². The maximum absolute atomic E-state index is 14.1. The van der Waals surface area contributed by atoms with E-state index >= 15 is 0 Å². The molecule has 196 valence electrons. The summed E-state index contributed by atoms with van der Waals surface area (Å²) in [5.41, 5.74) is 0.355. The molecule has 10 heteroatoms. The third-order valence-electron chi connectivity index (χ3n) is 7.19. The molecular weight excluding hydrogens is 504 g/mol. The van der Waals surface area contributed by atoms with Gasteiger partial charge in [-0.3, -0.25) is 9.59 Å². The number of fused-ring (bicyclic) bond motifs is 3. The molecule has 4 rings (SSSR count). The largest absolute Gasteiger partial charge is 0.479 e. The second-order valence-electron chi connectivity index (χ2n) is 9.64. The molecule has 0 saturated heterocycles. The van der Waals surface area contributed by atoms with Crippen LogP contribution in [0, 0.1) is 17.6 Å². The van der Waals surface area contributed by atoms with Crippen LogP contribution >= 0.6 is 11.6 Å². The van der Waals surface area contributed by atoms with Crippen LogP contribution in [0.5, 0.6) is 0 Å². The fraction of sp³-hybridized carbons (Fsp3) is 0.370. The Balaban J connectivity index is 1.59. The monoisotopic (exact) mass is 531 g/mol. The lowest BCUT2D eigenvalue weighted by molar-refractivity contribution is -0.149. The van der Waals surface area contributed by atoms with E-state index in [0.717, 1.165) is 5.69 Å². The van der Waals surface area contributed by atoms with Gasteiger partial charge in [0.2, 0.25) is 11.8 Å². The Morgan fingerprint density at radius 1 is 1.22 bits per heavy atom. The average Bonchev–Trinajstić information content (AvgIpc) is 3.21. The maximum atomic E-state index is 14.1. The van der Waals surface area contributed by atoms with Crippen molar-refractivity contribution in [2.75, 3.05) is 0 Å². The van der Waals surface area contributed by atoms with E-state index in [2.05, 4.69) is 15.6 Å². The zero-order valence-electron chi connectivity index (χ0n) is 20.5. The molecule has 2 aromatic carbocycles. The number of carbonyl (C=O) groups excluding carboxylic acids is 2. The first kappa shape index (κ1) is 26.6. The minimum atomic E-state index is -1.67. The number of carboxylic acids is 1. The molecule has 0 bridgehead atoms. The molecule has 1 aliphatic rings. The molecule has 7 nitrogen and oxygen atoms in total. The predicted octanol–water partition coefficient (Wildman–Crippen LogP) is 4.30. The van der Waals surface area contributed by atoms with Crippen LogP contribution in [0.1, 0.15) is 43.5 Å². The number of nitrogens with one attached hydrogen (secondary N) is 3. The van der Waals surface area contributed by atoms with Gasteiger partial charge in [-0.2, -0.15) is 0 Å². The number of hydrogen-bond acceptors (Lipinski definition) is 3. The summed E-state index contributed by atoms with van der Waals surface area (Å²) in [5, 5.41) is 16.2. The normalized spacial score (nSPS) is 18.6. The fourth-order valence-electron chi connectivity index (χ4n) is 4.87. The average molecular weight is 532 g/mol. The number of aromatic amines is 1. The third-order valence-corrected chi connectivity index (χ3v) is 7.49. The molecule has 1 heterocycles. The second kappa shape index (κ2) is 10.5. The Bertz CT molecular complexity index is 1380. The Hall–Kier alpha value is -3.46. The molecule has 0 spiro atoms. The van der Waals surface area contributed by atoms with Crippen molar-refractivity contribution in [2.24, 2.45) is 5.92 Å². The Labute approximate surface area is 217 Å². The first-order chi connectivity index (χ1) is 17.5. The number of benzene rings is 2. The van der Waals surface area contributed by atoms with Crippen LogP contribution in [-0.2, 0) is 33.6 Å². The van der Waals surface area contributed by atoms with Crippen molar-refractivity contribution in [1.29, 1.82) is 0 Å². The highest BCUT2D eigenvalue weighted by Gasteiger charge is 2.45. The second-order valence-corrected chi connectivity index (χ2v) is 10.1. The van der Waals surface area contributed by atoms with Gasteiger partial charge in [0.25, 0.3) is 0 Å². The molecule has 0 saturated carbocycles. The summed E-state index contributed by atoms with van der Waals surface area (Å²) < 4.78 is 28.1. The number of amides is 2. The smallest absolute Gasteiger partial charge is 0.329 e. The number of aryl methyl sites for hydroxylation is 1. The Kier molecular flexibility index (Phi) is 7.54. The van der Waals surface area contributed by atoms with Gasteiger partial charge in [0.15, 0.2) is 0 Å². The Morgan fingerprint density at radius 2 is 1.95 bits per heavy atom. The zero-order chi connectivity index (χ0) is 26.9. The number of carboxylic acid groups (broad SMARTS) is 1. The van der Waals surface area contributed by atoms with Gasteiger partial charge < -0.3 is 20.7 Å². The molecule has 1 aromatic heterocycles. The van der Waals surface area contributed by atoms with Crippen molar-refractivity contribution in [2.45, 2.75) is 57.5 Å². The van der Waals surface area contributed by atoms with Gasteiger partial charge >= 0.3 is 5.97 Å². The van der Waals surface area contributed by atoms with E-state index in [1.165, 1.54) is 30.3 Å². The summed E-state index contributed by atoms with van der Waals surface area (Å²) in [7, 11) is 0. The molecule has 3 unspecified atom stereocenters. The molecule has 37 heavy (non-hydrogen) atoms. The van der Waals surface area contributed by atoms with Crippen LogP contribution in [0.15, 0.2) is 36.4 Å². The first-order valence-corrected chi connectivity index (χ1v) is 12.5.